The predicted molar refractivity (Wildman–Crippen MR) is 83.3 cm³/mol. The topological polar surface area (TPSA) is 57.8 Å². The first kappa shape index (κ1) is 12.9. The average Bonchev–Trinajstić information content (AvgIpc) is 3.01. The van der Waals surface area contributed by atoms with Crippen molar-refractivity contribution in [1.82, 2.24) is 9.38 Å². The second-order valence-corrected chi connectivity index (χ2v) is 5.45. The van der Waals surface area contributed by atoms with E-state index >= 15 is 0 Å². The lowest BCUT2D eigenvalue weighted by Crippen LogP contribution is -2.35. The average molecular weight is 293 g/mol. The van der Waals surface area contributed by atoms with E-state index in [0.29, 0.717) is 17.8 Å². The Kier molecular flexibility index (Phi) is 2.85. The number of phenolic OH excluding ortho intramolecular Hbond substituents is 1. The minimum Gasteiger partial charge on any atom is -0.506 e. The molecule has 1 aromatic carbocycles. The first-order valence-corrected chi connectivity index (χ1v) is 7.29. The van der Waals surface area contributed by atoms with Crippen LogP contribution in [0.3, 0.4) is 0 Å². The van der Waals surface area contributed by atoms with Gasteiger partial charge in [-0.25, -0.2) is 4.98 Å². The maximum atomic E-state index is 12.9. The Labute approximate surface area is 127 Å². The van der Waals surface area contributed by atoms with E-state index in [4.69, 9.17) is 0 Å². The summed E-state index contributed by atoms with van der Waals surface area (Å²) in [5, 5.41) is 10.2. The summed E-state index contributed by atoms with van der Waals surface area (Å²) < 4.78 is 1.86. The van der Waals surface area contributed by atoms with Crippen LogP contribution in [0.2, 0.25) is 0 Å². The molecule has 0 unspecified atom stereocenters. The van der Waals surface area contributed by atoms with Crippen molar-refractivity contribution in [2.45, 2.75) is 12.8 Å². The molecule has 3 heterocycles. The fourth-order valence-corrected chi connectivity index (χ4v) is 3.03. The summed E-state index contributed by atoms with van der Waals surface area (Å²) in [6.07, 6.45) is 7.14. The number of nitrogens with zero attached hydrogens (tertiary/aromatic N) is 3. The molecule has 1 amide bonds. The molecule has 1 N–H and O–H groups in total. The Morgan fingerprint density at radius 1 is 1.23 bits per heavy atom. The van der Waals surface area contributed by atoms with Crippen molar-refractivity contribution in [3.05, 3.63) is 60.0 Å². The van der Waals surface area contributed by atoms with E-state index in [1.165, 1.54) is 0 Å². The lowest BCUT2D eigenvalue weighted by Gasteiger charge is -2.30. The molecule has 3 aromatic rings. The summed E-state index contributed by atoms with van der Waals surface area (Å²) >= 11 is 0. The zero-order chi connectivity index (χ0) is 15.1. The molecule has 0 radical (unpaired) electrons. The molecule has 5 heteroatoms. The van der Waals surface area contributed by atoms with Gasteiger partial charge in [-0.15, -0.1) is 0 Å². The monoisotopic (exact) mass is 293 g/mol. The molecule has 5 nitrogen and oxygen atoms in total. The minimum atomic E-state index is -0.104. The molecule has 4 rings (SSSR count). The molecule has 0 saturated heterocycles. The molecule has 0 aliphatic carbocycles. The van der Waals surface area contributed by atoms with Gasteiger partial charge in [-0.1, -0.05) is 12.1 Å². The standard InChI is InChI=1S/C17H15N3O2/c21-14-5-1-3-12-4-2-8-20(16(12)14)17(22)13-6-9-19-10-7-18-15(19)11-13/h1,3,5-7,9-11,21H,2,4,8H2. The fourth-order valence-electron chi connectivity index (χ4n) is 3.03. The highest BCUT2D eigenvalue weighted by Gasteiger charge is 2.26. The molecule has 110 valence electrons. The highest BCUT2D eigenvalue weighted by atomic mass is 16.3. The summed E-state index contributed by atoms with van der Waals surface area (Å²) in [4.78, 5) is 18.7. The van der Waals surface area contributed by atoms with E-state index < -0.39 is 0 Å². The Balaban J connectivity index is 1.77. The quantitative estimate of drug-likeness (QED) is 0.750. The van der Waals surface area contributed by atoms with Crippen molar-refractivity contribution in [2.24, 2.45) is 0 Å². The van der Waals surface area contributed by atoms with E-state index in [-0.39, 0.29) is 11.7 Å². The smallest absolute Gasteiger partial charge is 0.258 e. The largest absolute Gasteiger partial charge is 0.506 e. The second kappa shape index (κ2) is 4.87. The van der Waals surface area contributed by atoms with Crippen LogP contribution in [0.1, 0.15) is 22.3 Å². The van der Waals surface area contributed by atoms with Crippen LogP contribution in [0.15, 0.2) is 48.9 Å². The third-order valence-corrected chi connectivity index (χ3v) is 4.09. The number of hydrogen-bond donors (Lipinski definition) is 1. The molecule has 2 aromatic heterocycles. The number of para-hydroxylation sites is 1. The van der Waals surface area contributed by atoms with Crippen LogP contribution in [0.4, 0.5) is 5.69 Å². The zero-order valence-electron chi connectivity index (χ0n) is 11.9. The maximum Gasteiger partial charge on any atom is 0.258 e. The van der Waals surface area contributed by atoms with Gasteiger partial charge >= 0.3 is 0 Å². The summed E-state index contributed by atoms with van der Waals surface area (Å²) in [5.41, 5.74) is 2.97. The van der Waals surface area contributed by atoms with Crippen LogP contribution in [0.5, 0.6) is 5.75 Å². The van der Waals surface area contributed by atoms with Crippen LogP contribution in [-0.2, 0) is 6.42 Å². The van der Waals surface area contributed by atoms with E-state index in [2.05, 4.69) is 4.98 Å². The molecule has 0 saturated carbocycles. The molecule has 1 aliphatic rings. The highest BCUT2D eigenvalue weighted by Crippen LogP contribution is 2.36. The van der Waals surface area contributed by atoms with Crippen molar-refractivity contribution in [3.8, 4) is 5.75 Å². The van der Waals surface area contributed by atoms with Crippen LogP contribution < -0.4 is 4.90 Å². The third-order valence-electron chi connectivity index (χ3n) is 4.09. The summed E-state index contributed by atoms with van der Waals surface area (Å²) in [5.74, 6) is 0.0559. The van der Waals surface area contributed by atoms with E-state index in [0.717, 1.165) is 24.1 Å². The number of imidazole rings is 1. The predicted octanol–water partition coefficient (Wildman–Crippen LogP) is 2.63. The number of amides is 1. The Hall–Kier alpha value is -2.82. The van der Waals surface area contributed by atoms with Crippen molar-refractivity contribution in [2.75, 3.05) is 11.4 Å². The number of pyridine rings is 1. The van der Waals surface area contributed by atoms with Gasteiger partial charge < -0.3 is 14.4 Å². The molecule has 0 bridgehead atoms. The summed E-state index contributed by atoms with van der Waals surface area (Å²) in [7, 11) is 0. The van der Waals surface area contributed by atoms with Gasteiger partial charge in [-0.2, -0.15) is 0 Å². The zero-order valence-corrected chi connectivity index (χ0v) is 11.9. The lowest BCUT2D eigenvalue weighted by molar-refractivity contribution is 0.0984. The van der Waals surface area contributed by atoms with Crippen molar-refractivity contribution in [1.29, 1.82) is 0 Å². The number of carbonyl (C=O) groups excluding carboxylic acids is 1. The van der Waals surface area contributed by atoms with E-state index in [9.17, 15) is 9.90 Å². The molecular formula is C17H15N3O2. The van der Waals surface area contributed by atoms with Gasteiger partial charge in [0.25, 0.3) is 5.91 Å². The number of anilines is 1. The highest BCUT2D eigenvalue weighted by molar-refractivity contribution is 6.08. The third kappa shape index (κ3) is 1.94. The first-order valence-electron chi connectivity index (χ1n) is 7.29. The number of benzene rings is 1. The van der Waals surface area contributed by atoms with Gasteiger partial charge in [0, 0.05) is 30.7 Å². The summed E-state index contributed by atoms with van der Waals surface area (Å²) in [6, 6.07) is 8.97. The van der Waals surface area contributed by atoms with Gasteiger partial charge in [0.2, 0.25) is 0 Å². The molecule has 0 fully saturated rings. The van der Waals surface area contributed by atoms with Crippen molar-refractivity contribution < 1.29 is 9.90 Å². The Morgan fingerprint density at radius 3 is 3.05 bits per heavy atom. The molecule has 1 aliphatic heterocycles. The molecular weight excluding hydrogens is 278 g/mol. The van der Waals surface area contributed by atoms with E-state index in [1.807, 2.05) is 28.9 Å². The first-order chi connectivity index (χ1) is 10.7. The van der Waals surface area contributed by atoms with Crippen LogP contribution >= 0.6 is 0 Å². The minimum absolute atomic E-state index is 0.104. The Morgan fingerprint density at radius 2 is 2.14 bits per heavy atom. The molecule has 22 heavy (non-hydrogen) atoms. The van der Waals surface area contributed by atoms with E-state index in [1.54, 1.807) is 29.3 Å². The number of rotatable bonds is 1. The number of aromatic hydroxyl groups is 1. The van der Waals surface area contributed by atoms with Crippen LogP contribution in [0, 0.1) is 0 Å². The van der Waals surface area contributed by atoms with Gasteiger partial charge in [0.15, 0.2) is 0 Å². The number of hydrogen-bond acceptors (Lipinski definition) is 3. The lowest BCUT2D eigenvalue weighted by atomic mass is 10.00. The number of carbonyl (C=O) groups is 1. The SMILES string of the molecule is O=C(c1ccn2ccnc2c1)N1CCCc2cccc(O)c21. The molecule has 0 atom stereocenters. The van der Waals surface area contributed by atoms with Crippen LogP contribution in [-0.4, -0.2) is 26.9 Å². The molecule has 0 spiro atoms. The number of fused-ring (bicyclic) bond motifs is 2. The second-order valence-electron chi connectivity index (χ2n) is 5.45. The van der Waals surface area contributed by atoms with Crippen molar-refractivity contribution in [3.63, 3.8) is 0 Å². The Bertz CT molecular complexity index is 869. The van der Waals surface area contributed by atoms with Gasteiger partial charge in [0.05, 0.1) is 5.69 Å². The van der Waals surface area contributed by atoms with Gasteiger partial charge in [-0.3, -0.25) is 4.79 Å². The number of aromatic nitrogens is 2. The number of phenols is 1. The van der Waals surface area contributed by atoms with Crippen molar-refractivity contribution >= 4 is 17.2 Å². The van der Waals surface area contributed by atoms with Crippen LogP contribution in [0.25, 0.3) is 5.65 Å². The fraction of sp³-hybridized carbons (Fsp3) is 0.176. The maximum absolute atomic E-state index is 12.9. The summed E-state index contributed by atoms with van der Waals surface area (Å²) in [6.45, 7) is 0.614. The van der Waals surface area contributed by atoms with Gasteiger partial charge in [-0.05, 0) is 36.6 Å². The van der Waals surface area contributed by atoms with Gasteiger partial charge in [0.1, 0.15) is 11.4 Å². The normalized spacial score (nSPS) is 14.1. The number of aryl methyl sites for hydroxylation is 1.